The molecule has 0 aromatic carbocycles. The lowest BCUT2D eigenvalue weighted by Crippen LogP contribution is -2.48. The Morgan fingerprint density at radius 3 is 2.64 bits per heavy atom. The van der Waals surface area contributed by atoms with E-state index in [1.807, 2.05) is 25.8 Å². The zero-order valence-electron chi connectivity index (χ0n) is 16.3. The van der Waals surface area contributed by atoms with Gasteiger partial charge >= 0.3 is 0 Å². The molecule has 0 aromatic rings. The summed E-state index contributed by atoms with van der Waals surface area (Å²) in [6, 6.07) is 0.303. The van der Waals surface area contributed by atoms with E-state index < -0.39 is 0 Å². The molecule has 2 saturated heterocycles. The molecule has 2 heterocycles. The minimum atomic E-state index is 0. The second-order valence-electron chi connectivity index (χ2n) is 7.42. The van der Waals surface area contributed by atoms with Gasteiger partial charge in [0, 0.05) is 45.2 Å². The SMILES string of the molecule is CCN1CCCC(CNC(=NC)NC2CCN(C(=O)C(C)C)C2)C1.I. The number of likely N-dealkylation sites (tertiary alicyclic amines) is 2. The number of rotatable bonds is 5. The molecule has 0 saturated carbocycles. The number of halogens is 1. The molecule has 0 bridgehead atoms. The maximum Gasteiger partial charge on any atom is 0.225 e. The van der Waals surface area contributed by atoms with Gasteiger partial charge in [0.1, 0.15) is 0 Å². The van der Waals surface area contributed by atoms with E-state index in [4.69, 9.17) is 0 Å². The quantitative estimate of drug-likeness (QED) is 0.369. The normalized spacial score (nSPS) is 25.0. The first-order valence-electron chi connectivity index (χ1n) is 9.51. The van der Waals surface area contributed by atoms with E-state index >= 15 is 0 Å². The highest BCUT2D eigenvalue weighted by Gasteiger charge is 2.28. The number of nitrogens with zero attached hydrogens (tertiary/aromatic N) is 3. The first-order valence-corrected chi connectivity index (χ1v) is 9.51. The van der Waals surface area contributed by atoms with Crippen molar-refractivity contribution in [2.75, 3.05) is 46.3 Å². The molecule has 2 fully saturated rings. The van der Waals surface area contributed by atoms with Crippen molar-refractivity contribution in [2.24, 2.45) is 16.8 Å². The number of nitrogens with one attached hydrogen (secondary N) is 2. The molecular weight excluding hydrogens is 429 g/mol. The van der Waals surface area contributed by atoms with Crippen molar-refractivity contribution in [1.29, 1.82) is 0 Å². The van der Waals surface area contributed by atoms with Gasteiger partial charge in [-0.25, -0.2) is 0 Å². The Kier molecular flexibility index (Phi) is 10.1. The molecule has 2 aliphatic rings. The van der Waals surface area contributed by atoms with Crippen LogP contribution in [0.2, 0.25) is 0 Å². The van der Waals surface area contributed by atoms with Crippen LogP contribution in [0.1, 0.15) is 40.0 Å². The van der Waals surface area contributed by atoms with Crippen molar-refractivity contribution in [3.8, 4) is 0 Å². The third kappa shape index (κ3) is 6.92. The number of aliphatic imine (C=N–C) groups is 1. The summed E-state index contributed by atoms with van der Waals surface area (Å²) < 4.78 is 0. The van der Waals surface area contributed by atoms with Crippen LogP contribution in [-0.2, 0) is 4.79 Å². The van der Waals surface area contributed by atoms with E-state index in [1.54, 1.807) is 0 Å². The molecule has 25 heavy (non-hydrogen) atoms. The Balaban J connectivity index is 0.00000312. The topological polar surface area (TPSA) is 60.0 Å². The summed E-state index contributed by atoms with van der Waals surface area (Å²) in [4.78, 5) is 20.9. The van der Waals surface area contributed by atoms with Crippen molar-refractivity contribution >= 4 is 35.8 Å². The highest BCUT2D eigenvalue weighted by atomic mass is 127. The average molecular weight is 465 g/mol. The summed E-state index contributed by atoms with van der Waals surface area (Å²) in [6.45, 7) is 12.3. The number of guanidine groups is 1. The third-order valence-corrected chi connectivity index (χ3v) is 5.17. The summed E-state index contributed by atoms with van der Waals surface area (Å²) in [6.07, 6.45) is 3.58. The molecule has 2 aliphatic heterocycles. The maximum atomic E-state index is 12.1. The minimum Gasteiger partial charge on any atom is -0.356 e. The van der Waals surface area contributed by atoms with Crippen LogP contribution in [0.5, 0.6) is 0 Å². The van der Waals surface area contributed by atoms with Crippen LogP contribution in [0.4, 0.5) is 0 Å². The largest absolute Gasteiger partial charge is 0.356 e. The summed E-state index contributed by atoms with van der Waals surface area (Å²) in [5.41, 5.74) is 0. The van der Waals surface area contributed by atoms with E-state index in [-0.39, 0.29) is 35.8 Å². The fourth-order valence-electron chi connectivity index (χ4n) is 3.68. The van der Waals surface area contributed by atoms with Crippen LogP contribution in [-0.4, -0.2) is 74.0 Å². The molecule has 1 amide bonds. The molecule has 7 heteroatoms. The van der Waals surface area contributed by atoms with E-state index in [1.165, 1.54) is 25.9 Å². The van der Waals surface area contributed by atoms with E-state index in [0.29, 0.717) is 12.0 Å². The standard InChI is InChI=1S/C18H35N5O.HI/c1-5-22-9-6-7-15(12-22)11-20-18(19-4)21-16-8-10-23(13-16)17(24)14(2)3;/h14-16H,5-13H2,1-4H3,(H2,19,20,21);1H. The van der Waals surface area contributed by atoms with Gasteiger partial charge < -0.3 is 20.4 Å². The molecule has 146 valence electrons. The van der Waals surface area contributed by atoms with Crippen molar-refractivity contribution in [2.45, 2.75) is 46.1 Å². The van der Waals surface area contributed by atoms with E-state index in [0.717, 1.165) is 38.6 Å². The van der Waals surface area contributed by atoms with Crippen molar-refractivity contribution in [3.63, 3.8) is 0 Å². The monoisotopic (exact) mass is 465 g/mol. The van der Waals surface area contributed by atoms with Crippen molar-refractivity contribution < 1.29 is 4.79 Å². The highest BCUT2D eigenvalue weighted by Crippen LogP contribution is 2.15. The van der Waals surface area contributed by atoms with E-state index in [2.05, 4.69) is 27.4 Å². The van der Waals surface area contributed by atoms with Crippen LogP contribution in [0, 0.1) is 11.8 Å². The lowest BCUT2D eigenvalue weighted by atomic mass is 9.98. The molecule has 2 atom stereocenters. The number of carbonyl (C=O) groups excluding carboxylic acids is 1. The van der Waals surface area contributed by atoms with Crippen molar-refractivity contribution in [3.05, 3.63) is 0 Å². The van der Waals surface area contributed by atoms with E-state index in [9.17, 15) is 4.79 Å². The van der Waals surface area contributed by atoms with Gasteiger partial charge in [0.15, 0.2) is 5.96 Å². The van der Waals surface area contributed by atoms with Crippen LogP contribution < -0.4 is 10.6 Å². The molecule has 2 rings (SSSR count). The minimum absolute atomic E-state index is 0. The zero-order chi connectivity index (χ0) is 17.5. The smallest absolute Gasteiger partial charge is 0.225 e. The lowest BCUT2D eigenvalue weighted by Gasteiger charge is -2.32. The average Bonchev–Trinajstić information content (AvgIpc) is 3.06. The van der Waals surface area contributed by atoms with Gasteiger partial charge in [0.25, 0.3) is 0 Å². The molecule has 0 aliphatic carbocycles. The second kappa shape index (κ2) is 11.2. The number of hydrogen-bond acceptors (Lipinski definition) is 3. The predicted octanol–water partition coefficient (Wildman–Crippen LogP) is 1.76. The van der Waals surface area contributed by atoms with Gasteiger partial charge in [0.05, 0.1) is 0 Å². The molecule has 6 nitrogen and oxygen atoms in total. The van der Waals surface area contributed by atoms with Gasteiger partial charge in [-0.15, -0.1) is 24.0 Å². The van der Waals surface area contributed by atoms with Gasteiger partial charge in [-0.1, -0.05) is 20.8 Å². The first kappa shape index (κ1) is 22.5. The fraction of sp³-hybridized carbons (Fsp3) is 0.889. The molecule has 0 spiro atoms. The zero-order valence-corrected chi connectivity index (χ0v) is 18.6. The highest BCUT2D eigenvalue weighted by molar-refractivity contribution is 14.0. The Morgan fingerprint density at radius 2 is 2.00 bits per heavy atom. The molecule has 2 unspecified atom stereocenters. The maximum absolute atomic E-state index is 12.1. The number of amides is 1. The summed E-state index contributed by atoms with van der Waals surface area (Å²) in [5, 5.41) is 6.97. The van der Waals surface area contributed by atoms with Crippen LogP contribution in [0.15, 0.2) is 4.99 Å². The summed E-state index contributed by atoms with van der Waals surface area (Å²) in [5.74, 6) is 1.89. The van der Waals surface area contributed by atoms with Gasteiger partial charge in [-0.05, 0) is 38.3 Å². The second-order valence-corrected chi connectivity index (χ2v) is 7.42. The van der Waals surface area contributed by atoms with Crippen molar-refractivity contribution in [1.82, 2.24) is 20.4 Å². The van der Waals surface area contributed by atoms with Gasteiger partial charge in [-0.2, -0.15) is 0 Å². The first-order chi connectivity index (χ1) is 11.5. The Labute approximate surface area is 170 Å². The fourth-order valence-corrected chi connectivity index (χ4v) is 3.68. The summed E-state index contributed by atoms with van der Waals surface area (Å²) in [7, 11) is 1.82. The number of hydrogen-bond donors (Lipinski definition) is 2. The molecule has 0 aromatic heterocycles. The van der Waals surface area contributed by atoms with Crippen LogP contribution in [0.3, 0.4) is 0 Å². The number of piperidine rings is 1. The molecular formula is C18H36IN5O. The van der Waals surface area contributed by atoms with Crippen LogP contribution >= 0.6 is 24.0 Å². The molecule has 0 radical (unpaired) electrons. The number of carbonyl (C=O) groups is 1. The lowest BCUT2D eigenvalue weighted by molar-refractivity contribution is -0.133. The van der Waals surface area contributed by atoms with Crippen LogP contribution in [0.25, 0.3) is 0 Å². The Morgan fingerprint density at radius 1 is 1.24 bits per heavy atom. The third-order valence-electron chi connectivity index (χ3n) is 5.17. The predicted molar refractivity (Wildman–Crippen MR) is 115 cm³/mol. The van der Waals surface area contributed by atoms with Gasteiger partial charge in [-0.3, -0.25) is 9.79 Å². The Hall–Kier alpha value is -0.570. The van der Waals surface area contributed by atoms with Gasteiger partial charge in [0.2, 0.25) is 5.91 Å². The molecule has 2 N–H and O–H groups in total. The Bertz CT molecular complexity index is 443. The summed E-state index contributed by atoms with van der Waals surface area (Å²) >= 11 is 0.